The van der Waals surface area contributed by atoms with E-state index in [-0.39, 0.29) is 42.8 Å². The molecule has 2 aromatic rings. The topological polar surface area (TPSA) is 151 Å². The molecule has 0 bridgehead atoms. The molecule has 0 radical (unpaired) electrons. The number of halogens is 3. The van der Waals surface area contributed by atoms with Crippen molar-refractivity contribution in [3.05, 3.63) is 48.0 Å². The second kappa shape index (κ2) is 13.3. The van der Waals surface area contributed by atoms with Crippen LogP contribution in [0.5, 0.6) is 0 Å². The highest BCUT2D eigenvalue weighted by Crippen LogP contribution is 2.32. The van der Waals surface area contributed by atoms with Crippen LogP contribution in [0.1, 0.15) is 31.4 Å². The Morgan fingerprint density at radius 3 is 2.39 bits per heavy atom. The second-order valence-corrected chi connectivity index (χ2v) is 10.8. The Morgan fingerprint density at radius 1 is 1.15 bits per heavy atom. The predicted octanol–water partition coefficient (Wildman–Crippen LogP) is 1.17. The van der Waals surface area contributed by atoms with Crippen LogP contribution in [-0.4, -0.2) is 80.0 Å². The number of piperidine rings is 1. The van der Waals surface area contributed by atoms with E-state index in [1.54, 1.807) is 0 Å². The van der Waals surface area contributed by atoms with Crippen LogP contribution in [0.25, 0.3) is 10.8 Å². The van der Waals surface area contributed by atoms with Crippen molar-refractivity contribution in [2.45, 2.75) is 44.3 Å². The van der Waals surface area contributed by atoms with Gasteiger partial charge >= 0.3 is 12.1 Å². The van der Waals surface area contributed by atoms with Crippen LogP contribution in [0.4, 0.5) is 13.2 Å². The Morgan fingerprint density at radius 2 is 1.78 bits per heavy atom. The van der Waals surface area contributed by atoms with Gasteiger partial charge in [-0.25, -0.2) is 9.93 Å². The molecule has 1 aliphatic heterocycles. The summed E-state index contributed by atoms with van der Waals surface area (Å²) in [5, 5.41) is 11.6. The van der Waals surface area contributed by atoms with Crippen molar-refractivity contribution in [2.24, 2.45) is 5.14 Å². The van der Waals surface area contributed by atoms with Crippen LogP contribution in [0.15, 0.2) is 42.5 Å². The van der Waals surface area contributed by atoms with Gasteiger partial charge in [-0.3, -0.25) is 14.5 Å². The first-order valence-electron chi connectivity index (χ1n) is 12.5. The Hall–Kier alpha value is -3.71. The quantitative estimate of drug-likeness (QED) is 0.211. The third-order valence-electron chi connectivity index (χ3n) is 6.69. The first-order chi connectivity index (χ1) is 19.2. The van der Waals surface area contributed by atoms with E-state index in [1.165, 1.54) is 0 Å². The summed E-state index contributed by atoms with van der Waals surface area (Å²) >= 11 is 0. The fraction of sp³-hybridized carbons (Fsp3) is 0.423. The van der Waals surface area contributed by atoms with Gasteiger partial charge in [0.2, 0.25) is 12.1 Å². The van der Waals surface area contributed by atoms with Crippen LogP contribution >= 0.6 is 0 Å². The number of hydrogen-bond donors (Lipinski definition) is 3. The molecule has 222 valence electrons. The number of esters is 1. The van der Waals surface area contributed by atoms with Gasteiger partial charge in [-0.05, 0) is 36.1 Å². The van der Waals surface area contributed by atoms with Crippen LogP contribution < -0.4 is 15.8 Å². The molecule has 1 aliphatic rings. The highest BCUT2D eigenvalue weighted by molar-refractivity contribution is 7.86. The molecule has 1 saturated heterocycles. The number of carbonyl (C=O) groups excluding carboxylic acids is 3. The molecule has 11 nitrogen and oxygen atoms in total. The summed E-state index contributed by atoms with van der Waals surface area (Å²) in [5.74, 6) is -2.98. The van der Waals surface area contributed by atoms with Gasteiger partial charge in [-0.1, -0.05) is 48.4 Å². The van der Waals surface area contributed by atoms with Gasteiger partial charge in [0.05, 0.1) is 13.1 Å². The number of amides is 2. The summed E-state index contributed by atoms with van der Waals surface area (Å²) in [6.45, 7) is 1.58. The average Bonchev–Trinajstić information content (AvgIpc) is 2.92. The van der Waals surface area contributed by atoms with Gasteiger partial charge in [-0.15, -0.1) is 10.7 Å². The minimum atomic E-state index is -5.54. The fourth-order valence-electron chi connectivity index (χ4n) is 4.73. The van der Waals surface area contributed by atoms with Gasteiger partial charge in [0.1, 0.15) is 0 Å². The molecule has 0 spiro atoms. The van der Waals surface area contributed by atoms with E-state index in [0.29, 0.717) is 0 Å². The molecule has 2 atom stereocenters. The van der Waals surface area contributed by atoms with Crippen molar-refractivity contribution in [3.8, 4) is 12.3 Å². The molecule has 0 aliphatic carbocycles. The maximum Gasteiger partial charge on any atom is 0.490 e. The molecule has 1 unspecified atom stereocenters. The fourth-order valence-corrected chi connectivity index (χ4v) is 5.76. The van der Waals surface area contributed by atoms with E-state index < -0.39 is 53.0 Å². The van der Waals surface area contributed by atoms with Crippen molar-refractivity contribution >= 4 is 38.8 Å². The molecule has 41 heavy (non-hydrogen) atoms. The van der Waals surface area contributed by atoms with Gasteiger partial charge in [0, 0.05) is 25.2 Å². The molecule has 15 heteroatoms. The number of ether oxygens (including phenoxy) is 1. The molecular weight excluding hydrogens is 567 g/mol. The van der Waals surface area contributed by atoms with Crippen molar-refractivity contribution in [2.75, 3.05) is 26.2 Å². The number of benzene rings is 2. The minimum Gasteiger partial charge on any atom is -0.429 e. The number of nitrogens with two attached hydrogens (primary N) is 1. The molecule has 4 N–H and O–H groups in total. The van der Waals surface area contributed by atoms with E-state index in [0.717, 1.165) is 16.3 Å². The molecule has 1 fully saturated rings. The normalized spacial score (nSPS) is 16.5. The lowest BCUT2D eigenvalue weighted by Crippen LogP contribution is -2.60. The first-order valence-corrected chi connectivity index (χ1v) is 14.0. The number of fused-ring (bicyclic) bond motifs is 1. The average molecular weight is 598 g/mol. The van der Waals surface area contributed by atoms with Crippen molar-refractivity contribution in [3.63, 3.8) is 0 Å². The SMILES string of the molecule is C#CCNC(=O)CNC(=O)[C@@H](OC(=O)C(F)(F)F)N(C1CCN(C(C)c2cccc3ccccc23)CC1)S(N)(=O)=O. The Kier molecular flexibility index (Phi) is 10.3. The summed E-state index contributed by atoms with van der Waals surface area (Å²) in [7, 11) is -4.89. The molecule has 0 saturated carbocycles. The van der Waals surface area contributed by atoms with Crippen LogP contribution in [0.2, 0.25) is 0 Å². The Labute approximate surface area is 235 Å². The number of nitrogens with one attached hydrogen (secondary N) is 2. The van der Waals surface area contributed by atoms with E-state index in [2.05, 4.69) is 20.9 Å². The summed E-state index contributed by atoms with van der Waals surface area (Å²) in [5.41, 5.74) is 1.03. The van der Waals surface area contributed by atoms with Crippen molar-refractivity contribution in [1.82, 2.24) is 19.8 Å². The van der Waals surface area contributed by atoms with Gasteiger partial charge in [0.25, 0.3) is 16.1 Å². The van der Waals surface area contributed by atoms with E-state index in [9.17, 15) is 36.0 Å². The monoisotopic (exact) mass is 597 g/mol. The van der Waals surface area contributed by atoms with Crippen LogP contribution in [-0.2, 0) is 29.3 Å². The number of terminal acetylenes is 1. The number of alkyl halides is 3. The van der Waals surface area contributed by atoms with Crippen molar-refractivity contribution in [1.29, 1.82) is 0 Å². The third-order valence-corrected chi connectivity index (χ3v) is 7.77. The van der Waals surface area contributed by atoms with Crippen molar-refractivity contribution < 1.29 is 40.7 Å². The zero-order chi connectivity index (χ0) is 30.4. The maximum absolute atomic E-state index is 13.0. The molecular formula is C26H30F3N5O6S. The Balaban J connectivity index is 1.82. The Bertz CT molecular complexity index is 1420. The highest BCUT2D eigenvalue weighted by Gasteiger charge is 2.48. The smallest absolute Gasteiger partial charge is 0.429 e. The number of nitrogens with zero attached hydrogens (tertiary/aromatic N) is 2. The molecule has 2 aromatic carbocycles. The van der Waals surface area contributed by atoms with Crippen LogP contribution in [0, 0.1) is 12.3 Å². The molecule has 3 rings (SSSR count). The molecule has 1 heterocycles. The largest absolute Gasteiger partial charge is 0.490 e. The summed E-state index contributed by atoms with van der Waals surface area (Å²) in [4.78, 5) is 38.4. The summed E-state index contributed by atoms with van der Waals surface area (Å²) in [6, 6.07) is 12.5. The third kappa shape index (κ3) is 8.17. The maximum atomic E-state index is 13.0. The van der Waals surface area contributed by atoms with Gasteiger partial charge < -0.3 is 15.4 Å². The van der Waals surface area contributed by atoms with Gasteiger partial charge in [0.15, 0.2) is 0 Å². The van der Waals surface area contributed by atoms with E-state index >= 15 is 0 Å². The highest BCUT2D eigenvalue weighted by atomic mass is 32.2. The van der Waals surface area contributed by atoms with Gasteiger partial charge in [-0.2, -0.15) is 21.6 Å². The zero-order valence-electron chi connectivity index (χ0n) is 22.1. The van der Waals surface area contributed by atoms with Crippen LogP contribution in [0.3, 0.4) is 0 Å². The lowest BCUT2D eigenvalue weighted by atomic mass is 9.96. The standard InChI is InChI=1S/C26H30F3N5O6S/c1-3-13-31-22(35)16-32-23(36)24(40-25(37)26(27,28)29)34(41(30,38)39)19-11-14-33(15-12-19)17(2)20-10-6-8-18-7-4-5-9-21(18)20/h1,4-10,17,19,24H,11-16H2,2H3,(H,31,35)(H,32,36)(H2,30,38,39)/t17?,24-/m1/s1. The second-order valence-electron chi connectivity index (χ2n) is 9.34. The molecule has 2 amide bonds. The predicted molar refractivity (Wildman–Crippen MR) is 143 cm³/mol. The lowest BCUT2D eigenvalue weighted by Gasteiger charge is -2.41. The molecule has 0 aromatic heterocycles. The summed E-state index contributed by atoms with van der Waals surface area (Å²) < 4.78 is 68.9. The van der Waals surface area contributed by atoms with E-state index in [4.69, 9.17) is 11.6 Å². The minimum absolute atomic E-state index is 0.0571. The van der Waals surface area contributed by atoms with E-state index in [1.807, 2.05) is 54.7 Å². The number of carbonyl (C=O) groups is 3. The first kappa shape index (κ1) is 31.8. The number of rotatable bonds is 10. The number of likely N-dealkylation sites (tertiary alicyclic amines) is 1. The zero-order valence-corrected chi connectivity index (χ0v) is 22.9. The summed E-state index contributed by atoms with van der Waals surface area (Å²) in [6.07, 6.45) is -3.02. The number of hydrogen-bond acceptors (Lipinski definition) is 7. The lowest BCUT2D eigenvalue weighted by molar-refractivity contribution is -0.211.